The van der Waals surface area contributed by atoms with Crippen LogP contribution in [0.1, 0.15) is 25.7 Å². The number of nitrogens with two attached hydrogens (primary N) is 2. The van der Waals surface area contributed by atoms with Crippen molar-refractivity contribution in [2.45, 2.75) is 37.8 Å². The summed E-state index contributed by atoms with van der Waals surface area (Å²) >= 11 is 0. The zero-order valence-electron chi connectivity index (χ0n) is 14.1. The maximum Gasteiger partial charge on any atom is 3.00 e. The molecule has 0 bridgehead atoms. The summed E-state index contributed by atoms with van der Waals surface area (Å²) in [4.78, 5) is 39.2. The fraction of sp³-hybridized carbons (Fsp3) is 0.600. The first-order valence-electron chi connectivity index (χ1n) is 5.40. The van der Waals surface area contributed by atoms with Gasteiger partial charge in [0, 0.05) is 24.0 Å². The number of aliphatic carboxylic acids is 4. The van der Waals surface area contributed by atoms with Gasteiger partial charge in [0.25, 0.3) is 0 Å². The standard InChI is InChI=1S/2C5H9NO4.2Al.Mg.4H2O/c2*6-3(5(9)10)1-2-4(7)8;;;;;;;/h2*3H,1-2,6H2,(H,7,8)(H,9,10);;;;4*1H2/q;;2*+3;+2;;;;/p-8/t2*3-;;;;;;;/m00......./s1. The van der Waals surface area contributed by atoms with Crippen molar-refractivity contribution in [2.24, 2.45) is 11.5 Å². The van der Waals surface area contributed by atoms with Gasteiger partial charge in [0.1, 0.15) is 0 Å². The molecule has 0 aliphatic rings. The molecule has 0 saturated heterocycles. The first-order chi connectivity index (χ1) is 9.07. The van der Waals surface area contributed by atoms with Crippen LogP contribution < -0.4 is 31.9 Å². The molecule has 2 atom stereocenters. The van der Waals surface area contributed by atoms with Gasteiger partial charge in [-0.1, -0.05) is 0 Å². The van der Waals surface area contributed by atoms with E-state index >= 15 is 0 Å². The second-order valence-corrected chi connectivity index (χ2v) is 3.67. The van der Waals surface area contributed by atoms with E-state index in [0.717, 1.165) is 0 Å². The number of carbonyl (C=O) groups is 4. The molecule has 0 aromatic carbocycles. The maximum atomic E-state index is 9.86. The minimum Gasteiger partial charge on any atom is -0.870 e. The quantitative estimate of drug-likeness (QED) is 0.333. The molecular weight excluding hydrogens is 418 g/mol. The summed E-state index contributed by atoms with van der Waals surface area (Å²) in [5.41, 5.74) is 9.82. The predicted molar refractivity (Wildman–Crippen MR) is 79.5 cm³/mol. The normalized spacial score (nSPS) is 9.26. The minimum absolute atomic E-state index is 0. The molecule has 0 amide bonds. The molecule has 0 aromatic heterocycles. The summed E-state index contributed by atoms with van der Waals surface area (Å²) in [6.07, 6.45) is -1.00. The number of hydrogen-bond donors (Lipinski definition) is 2. The molecule has 14 nitrogen and oxygen atoms in total. The summed E-state index contributed by atoms with van der Waals surface area (Å²) < 4.78 is 0. The van der Waals surface area contributed by atoms with Gasteiger partial charge in [-0.15, -0.1) is 0 Å². The molecule has 27 heavy (non-hydrogen) atoms. The Kier molecular flexibility index (Phi) is 68.9. The average molecular weight is 437 g/mol. The number of carboxylic acids is 4. The van der Waals surface area contributed by atoms with E-state index in [1.165, 1.54) is 0 Å². The van der Waals surface area contributed by atoms with Gasteiger partial charge in [-0.25, -0.2) is 0 Å². The van der Waals surface area contributed by atoms with E-state index in [1.807, 2.05) is 0 Å². The number of carboxylic acid groups (broad SMARTS) is 4. The van der Waals surface area contributed by atoms with Gasteiger partial charge in [0.2, 0.25) is 0 Å². The average Bonchev–Trinajstić information content (AvgIpc) is 2.33. The first kappa shape index (κ1) is 56.3. The zero-order valence-corrected chi connectivity index (χ0v) is 17.8. The summed E-state index contributed by atoms with van der Waals surface area (Å²) in [5.74, 6) is -5.50. The Bertz CT molecular complexity index is 344. The molecule has 148 valence electrons. The third-order valence-corrected chi connectivity index (χ3v) is 1.92. The Labute approximate surface area is 191 Å². The van der Waals surface area contributed by atoms with E-state index in [4.69, 9.17) is 11.5 Å². The molecule has 0 unspecified atom stereocenters. The van der Waals surface area contributed by atoms with Crippen molar-refractivity contribution in [2.75, 3.05) is 0 Å². The van der Waals surface area contributed by atoms with Gasteiger partial charge in [0.05, 0.1) is 11.9 Å². The molecule has 0 radical (unpaired) electrons. The van der Waals surface area contributed by atoms with Crippen LogP contribution in [0.25, 0.3) is 0 Å². The van der Waals surface area contributed by atoms with Crippen molar-refractivity contribution in [3.05, 3.63) is 0 Å². The van der Waals surface area contributed by atoms with Crippen molar-refractivity contribution in [1.29, 1.82) is 0 Å². The van der Waals surface area contributed by atoms with E-state index in [0.29, 0.717) is 0 Å². The topological polar surface area (TPSA) is 333 Å². The minimum atomic E-state index is -1.44. The zero-order chi connectivity index (χ0) is 16.3. The van der Waals surface area contributed by atoms with Crippen LogP contribution in [-0.4, -0.2) is 116 Å². The summed E-state index contributed by atoms with van der Waals surface area (Å²) in [6, 6.07) is -2.42. The van der Waals surface area contributed by atoms with E-state index in [1.54, 1.807) is 0 Å². The monoisotopic (exact) mass is 436 g/mol. The number of carbonyl (C=O) groups excluding carboxylic acids is 4. The van der Waals surface area contributed by atoms with Crippen LogP contribution in [0.5, 0.6) is 0 Å². The summed E-state index contributed by atoms with van der Waals surface area (Å²) in [7, 11) is 0. The molecule has 0 aromatic rings. The van der Waals surface area contributed by atoms with Crippen molar-refractivity contribution in [3.8, 4) is 0 Å². The molecule has 8 N–H and O–H groups in total. The second-order valence-electron chi connectivity index (χ2n) is 3.67. The van der Waals surface area contributed by atoms with Gasteiger partial charge in [0.15, 0.2) is 0 Å². The maximum absolute atomic E-state index is 9.86. The molecule has 0 aliphatic heterocycles. The van der Waals surface area contributed by atoms with Crippen LogP contribution in [0.4, 0.5) is 0 Å². The van der Waals surface area contributed by atoms with Gasteiger partial charge >= 0.3 is 57.8 Å². The second kappa shape index (κ2) is 33.1. The van der Waals surface area contributed by atoms with Crippen LogP contribution >= 0.6 is 0 Å². The van der Waals surface area contributed by atoms with Crippen molar-refractivity contribution >= 4 is 81.7 Å². The Morgan fingerprint density at radius 1 is 0.630 bits per heavy atom. The third kappa shape index (κ3) is 46.0. The van der Waals surface area contributed by atoms with Gasteiger partial charge in [-0.2, -0.15) is 0 Å². The Morgan fingerprint density at radius 3 is 0.926 bits per heavy atom. The van der Waals surface area contributed by atoms with Gasteiger partial charge in [-0.3, -0.25) is 0 Å². The van der Waals surface area contributed by atoms with Crippen molar-refractivity contribution < 1.29 is 61.5 Å². The van der Waals surface area contributed by atoms with Crippen molar-refractivity contribution in [3.63, 3.8) is 0 Å². The number of rotatable bonds is 8. The van der Waals surface area contributed by atoms with E-state index in [9.17, 15) is 39.6 Å². The first-order valence-corrected chi connectivity index (χ1v) is 5.40. The van der Waals surface area contributed by atoms with Crippen LogP contribution in [0.2, 0.25) is 0 Å². The SMILES string of the molecule is N[C@@H](CCC(=O)[O-])C(=O)[O-].N[C@@H](CCC(=O)[O-])C(=O)[O-].[Al+3].[Al+3].[Mg+2].[OH-].[OH-].[OH-].[OH-]. The Morgan fingerprint density at radius 2 is 0.815 bits per heavy atom. The van der Waals surface area contributed by atoms with Crippen LogP contribution in [-0.2, 0) is 19.2 Å². The molecular formula is C10H18Al2MgN2O12. The van der Waals surface area contributed by atoms with Gasteiger partial charge in [-0.05, 0) is 25.7 Å². The van der Waals surface area contributed by atoms with Crippen LogP contribution in [0.3, 0.4) is 0 Å². The predicted octanol–water partition coefficient (Wildman–Crippen LogP) is -8.66. The third-order valence-electron chi connectivity index (χ3n) is 1.92. The molecule has 0 saturated carbocycles. The summed E-state index contributed by atoms with van der Waals surface area (Å²) in [6.45, 7) is 0. The number of hydrogen-bond acceptors (Lipinski definition) is 14. The van der Waals surface area contributed by atoms with Crippen molar-refractivity contribution in [1.82, 2.24) is 0 Å². The van der Waals surface area contributed by atoms with E-state index < -0.39 is 36.0 Å². The largest absolute Gasteiger partial charge is 3.00 e. The van der Waals surface area contributed by atoms with E-state index in [2.05, 4.69) is 0 Å². The molecule has 17 heteroatoms. The Hall–Kier alpha value is -0.529. The Balaban J connectivity index is -0.0000000272. The van der Waals surface area contributed by atoms with Crippen LogP contribution in [0, 0.1) is 0 Å². The fourth-order valence-corrected chi connectivity index (χ4v) is 0.782. The smallest absolute Gasteiger partial charge is 0.870 e. The molecule has 0 aliphatic carbocycles. The van der Waals surface area contributed by atoms with Gasteiger partial charge < -0.3 is 73.0 Å². The molecule has 0 rings (SSSR count). The fourth-order valence-electron chi connectivity index (χ4n) is 0.782. The van der Waals surface area contributed by atoms with E-state index in [-0.39, 0.29) is 105 Å². The summed E-state index contributed by atoms with van der Waals surface area (Å²) in [5, 5.41) is 39.2. The molecule has 0 spiro atoms. The van der Waals surface area contributed by atoms with Crippen LogP contribution in [0.15, 0.2) is 0 Å². The molecule has 0 heterocycles. The molecule has 0 fully saturated rings.